The van der Waals surface area contributed by atoms with E-state index in [1.165, 1.54) is 0 Å². The van der Waals surface area contributed by atoms with Crippen LogP contribution in [0.15, 0.2) is 30.3 Å². The molecule has 1 aromatic carbocycles. The number of aromatic nitrogens is 3. The summed E-state index contributed by atoms with van der Waals surface area (Å²) in [6.45, 7) is 4.08. The van der Waals surface area contributed by atoms with Gasteiger partial charge in [-0.2, -0.15) is 5.10 Å². The molecule has 9 heteroatoms. The molecule has 0 spiro atoms. The van der Waals surface area contributed by atoms with Crippen LogP contribution in [0.5, 0.6) is 0 Å². The van der Waals surface area contributed by atoms with Crippen molar-refractivity contribution in [2.45, 2.75) is 32.7 Å². The van der Waals surface area contributed by atoms with Gasteiger partial charge in [-0.1, -0.05) is 23.7 Å². The number of H-pyrrole nitrogens is 1. The van der Waals surface area contributed by atoms with Gasteiger partial charge in [-0.25, -0.2) is 13.8 Å². The third-order valence-electron chi connectivity index (χ3n) is 5.87. The fourth-order valence-corrected chi connectivity index (χ4v) is 4.30. The molecule has 1 saturated heterocycles. The Morgan fingerprint density at radius 3 is 2.62 bits per heavy atom. The number of hydrogen-bond acceptors (Lipinski definition) is 5. The lowest BCUT2D eigenvalue weighted by Crippen LogP contribution is -2.34. The Morgan fingerprint density at radius 1 is 1.16 bits per heavy atom. The largest absolute Gasteiger partial charge is 0.386 e. The molecule has 0 bridgehead atoms. The first-order valence-electron chi connectivity index (χ1n) is 10.7. The minimum absolute atomic E-state index is 0.151. The van der Waals surface area contributed by atoms with E-state index in [-0.39, 0.29) is 16.7 Å². The van der Waals surface area contributed by atoms with Crippen molar-refractivity contribution in [1.82, 2.24) is 20.1 Å². The number of nitrogens with zero attached hydrogens (tertiary/aromatic N) is 3. The van der Waals surface area contributed by atoms with Crippen molar-refractivity contribution in [3.05, 3.63) is 63.9 Å². The zero-order valence-corrected chi connectivity index (χ0v) is 18.9. The minimum atomic E-state index is -0.349. The van der Waals surface area contributed by atoms with Gasteiger partial charge in [0.2, 0.25) is 0 Å². The molecular formula is C23H27ClF2N6. The van der Waals surface area contributed by atoms with E-state index in [0.29, 0.717) is 47.5 Å². The van der Waals surface area contributed by atoms with Gasteiger partial charge in [0.15, 0.2) is 11.6 Å². The van der Waals surface area contributed by atoms with E-state index in [9.17, 15) is 8.78 Å². The van der Waals surface area contributed by atoms with Crippen LogP contribution in [0, 0.1) is 24.5 Å². The molecule has 0 radical (unpaired) electrons. The van der Waals surface area contributed by atoms with E-state index < -0.39 is 0 Å². The van der Waals surface area contributed by atoms with Gasteiger partial charge in [-0.3, -0.25) is 10.00 Å². The number of benzene rings is 1. The molecule has 0 saturated carbocycles. The maximum Gasteiger partial charge on any atom is 0.167 e. The van der Waals surface area contributed by atoms with E-state index in [0.717, 1.165) is 31.6 Å². The number of halogens is 3. The van der Waals surface area contributed by atoms with E-state index >= 15 is 0 Å². The zero-order valence-electron chi connectivity index (χ0n) is 18.2. The molecule has 3 heterocycles. The standard InChI is InChI=1S/C23H27ClF2N6/c1-14-10-21(31-30-14)29-20-12-18(27-2)23(26)19(28-20)11-15-6-8-32(9-7-15)13-16-4-3-5-17(24)22(16)25/h3-5,10,12,15H,6-9,11,13H2,1-2H3,(H3,27,28,29,30,31). The van der Waals surface area contributed by atoms with Gasteiger partial charge in [0.25, 0.3) is 0 Å². The molecule has 3 N–H and O–H groups in total. The van der Waals surface area contributed by atoms with E-state index in [2.05, 4.69) is 30.7 Å². The molecule has 3 aromatic rings. The monoisotopic (exact) mass is 460 g/mol. The second kappa shape index (κ2) is 9.83. The summed E-state index contributed by atoms with van der Waals surface area (Å²) in [4.78, 5) is 6.74. The summed E-state index contributed by atoms with van der Waals surface area (Å²) in [6, 6.07) is 8.61. The highest BCUT2D eigenvalue weighted by atomic mass is 35.5. The molecule has 6 nitrogen and oxygen atoms in total. The molecular weight excluding hydrogens is 434 g/mol. The fourth-order valence-electron chi connectivity index (χ4n) is 4.11. The minimum Gasteiger partial charge on any atom is -0.386 e. The van der Waals surface area contributed by atoms with Crippen LogP contribution >= 0.6 is 11.6 Å². The Hall–Kier alpha value is -2.71. The number of aryl methyl sites for hydroxylation is 1. The van der Waals surface area contributed by atoms with E-state index in [4.69, 9.17) is 11.6 Å². The number of rotatable bonds is 7. The fraction of sp³-hybridized carbons (Fsp3) is 0.391. The average molecular weight is 461 g/mol. The molecule has 1 aliphatic rings. The molecule has 2 aromatic heterocycles. The van der Waals surface area contributed by atoms with Crippen molar-refractivity contribution < 1.29 is 8.78 Å². The molecule has 0 amide bonds. The SMILES string of the molecule is CNc1cc(Nc2cc(C)[nH]n2)nc(CC2CCN(Cc3cccc(Cl)c3F)CC2)c1F. The first-order chi connectivity index (χ1) is 15.4. The third kappa shape index (κ3) is 5.19. The summed E-state index contributed by atoms with van der Waals surface area (Å²) in [5.74, 6) is 0.825. The third-order valence-corrected chi connectivity index (χ3v) is 6.16. The molecule has 0 atom stereocenters. The van der Waals surface area contributed by atoms with Gasteiger partial charge in [-0.15, -0.1) is 0 Å². The number of piperidine rings is 1. The van der Waals surface area contributed by atoms with Crippen molar-refractivity contribution in [2.24, 2.45) is 5.92 Å². The molecule has 1 fully saturated rings. The van der Waals surface area contributed by atoms with Crippen LogP contribution in [0.3, 0.4) is 0 Å². The molecule has 170 valence electrons. The van der Waals surface area contributed by atoms with Gasteiger partial charge in [0, 0.05) is 37.0 Å². The van der Waals surface area contributed by atoms with Crippen LogP contribution in [-0.2, 0) is 13.0 Å². The zero-order chi connectivity index (χ0) is 22.7. The quantitative estimate of drug-likeness (QED) is 0.447. The van der Waals surface area contributed by atoms with Gasteiger partial charge in [-0.05, 0) is 51.3 Å². The number of likely N-dealkylation sites (tertiary alicyclic amines) is 1. The second-order valence-corrected chi connectivity index (χ2v) is 8.67. The molecule has 0 unspecified atom stereocenters. The van der Waals surface area contributed by atoms with Crippen molar-refractivity contribution in [1.29, 1.82) is 0 Å². The number of nitrogens with one attached hydrogen (secondary N) is 3. The van der Waals surface area contributed by atoms with Crippen molar-refractivity contribution in [2.75, 3.05) is 30.8 Å². The summed E-state index contributed by atoms with van der Waals surface area (Å²) < 4.78 is 29.2. The summed E-state index contributed by atoms with van der Waals surface area (Å²) in [5, 5.41) is 13.2. The Morgan fingerprint density at radius 2 is 1.94 bits per heavy atom. The predicted octanol–water partition coefficient (Wildman–Crippen LogP) is 5.28. The lowest BCUT2D eigenvalue weighted by Gasteiger charge is -2.32. The highest BCUT2D eigenvalue weighted by Crippen LogP contribution is 2.29. The Bertz CT molecular complexity index is 1080. The van der Waals surface area contributed by atoms with Crippen LogP contribution in [0.2, 0.25) is 5.02 Å². The van der Waals surface area contributed by atoms with Crippen molar-refractivity contribution >= 4 is 28.9 Å². The average Bonchev–Trinajstić information content (AvgIpc) is 3.19. The summed E-state index contributed by atoms with van der Waals surface area (Å²) in [5.41, 5.74) is 2.37. The lowest BCUT2D eigenvalue weighted by atomic mass is 9.91. The second-order valence-electron chi connectivity index (χ2n) is 8.26. The van der Waals surface area contributed by atoms with Crippen molar-refractivity contribution in [3.63, 3.8) is 0 Å². The lowest BCUT2D eigenvalue weighted by molar-refractivity contribution is 0.174. The van der Waals surface area contributed by atoms with Crippen LogP contribution in [0.4, 0.5) is 26.1 Å². The van der Waals surface area contributed by atoms with E-state index in [1.54, 1.807) is 31.3 Å². The topological polar surface area (TPSA) is 68.9 Å². The van der Waals surface area contributed by atoms with Gasteiger partial charge in [0.1, 0.15) is 11.6 Å². The highest BCUT2D eigenvalue weighted by Gasteiger charge is 2.23. The summed E-state index contributed by atoms with van der Waals surface area (Å²) in [7, 11) is 1.69. The normalized spacial score (nSPS) is 15.2. The molecule has 1 aliphatic heterocycles. The van der Waals surface area contributed by atoms with Gasteiger partial charge in [0.05, 0.1) is 16.4 Å². The van der Waals surface area contributed by atoms with E-state index in [1.807, 2.05) is 13.0 Å². The highest BCUT2D eigenvalue weighted by molar-refractivity contribution is 6.30. The van der Waals surface area contributed by atoms with Crippen LogP contribution in [0.25, 0.3) is 0 Å². The maximum absolute atomic E-state index is 15.0. The van der Waals surface area contributed by atoms with Crippen LogP contribution in [-0.4, -0.2) is 40.2 Å². The van der Waals surface area contributed by atoms with Gasteiger partial charge < -0.3 is 10.6 Å². The number of pyridine rings is 1. The Balaban J connectivity index is 1.40. The maximum atomic E-state index is 15.0. The van der Waals surface area contributed by atoms with Crippen molar-refractivity contribution in [3.8, 4) is 0 Å². The predicted molar refractivity (Wildman–Crippen MR) is 123 cm³/mol. The summed E-state index contributed by atoms with van der Waals surface area (Å²) in [6.07, 6.45) is 2.35. The van der Waals surface area contributed by atoms with Crippen LogP contribution in [0.1, 0.15) is 29.8 Å². The summed E-state index contributed by atoms with van der Waals surface area (Å²) >= 11 is 5.90. The first kappa shape index (κ1) is 22.5. The molecule has 32 heavy (non-hydrogen) atoms. The molecule has 0 aliphatic carbocycles. The smallest absolute Gasteiger partial charge is 0.167 e. The number of anilines is 3. The molecule has 4 rings (SSSR count). The first-order valence-corrected chi connectivity index (χ1v) is 11.1. The Labute approximate surface area is 191 Å². The number of aromatic amines is 1. The van der Waals surface area contributed by atoms with Crippen LogP contribution < -0.4 is 10.6 Å². The Kier molecular flexibility index (Phi) is 6.91. The van der Waals surface area contributed by atoms with Gasteiger partial charge >= 0.3 is 0 Å². The number of hydrogen-bond donors (Lipinski definition) is 3.